The summed E-state index contributed by atoms with van der Waals surface area (Å²) in [6.45, 7) is 1.87. The molecule has 0 bridgehead atoms. The topological polar surface area (TPSA) is 322 Å². The SMILES string of the molecule is COc1cccc(-c2cc(F)ccc2[C@@H]2N=C(NOCCC(O)CO)c3c(C)nc(N)nc3C2(F)F)n1.COc1nc(-c2cc(F)ccc2[C@@H]2N=C(NOCCC(O)CO)c3c(C)nc(N)nc3C2(F)F)ccc1N. The fraction of sp³-hybridized carbons (Fsp3) is 0.333. The summed E-state index contributed by atoms with van der Waals surface area (Å²) in [6.07, 6.45) is -1.90. The highest BCUT2D eigenvalue weighted by molar-refractivity contribution is 6.02. The van der Waals surface area contributed by atoms with E-state index in [0.29, 0.717) is 0 Å². The predicted octanol–water partition coefficient (Wildman–Crippen LogP) is 4.45. The van der Waals surface area contributed by atoms with Crippen LogP contribution in [0.1, 0.15) is 70.0 Å². The number of nitrogen functional groups attached to an aromatic ring is 3. The van der Waals surface area contributed by atoms with Gasteiger partial charge in [0.25, 0.3) is 0 Å². The smallest absolute Gasteiger partial charge is 0.316 e. The monoisotopic (exact) mass is 1050 g/mol. The molecule has 8 rings (SSSR count). The van der Waals surface area contributed by atoms with Crippen molar-refractivity contribution < 1.29 is 65.9 Å². The molecule has 75 heavy (non-hydrogen) atoms. The van der Waals surface area contributed by atoms with Crippen LogP contribution in [0.15, 0.2) is 76.7 Å². The molecule has 2 aliphatic heterocycles. The second kappa shape index (κ2) is 23.2. The van der Waals surface area contributed by atoms with Crippen molar-refractivity contribution in [2.45, 2.75) is 62.8 Å². The first kappa shape index (κ1) is 54.9. The molecule has 12 N–H and O–H groups in total. The van der Waals surface area contributed by atoms with Crippen molar-refractivity contribution in [1.82, 2.24) is 40.9 Å². The number of aromatic nitrogens is 6. The summed E-state index contributed by atoms with van der Waals surface area (Å²) in [6, 6.07) is 10.5. The van der Waals surface area contributed by atoms with Gasteiger partial charge in [-0.1, -0.05) is 18.2 Å². The van der Waals surface area contributed by atoms with Crippen molar-refractivity contribution in [1.29, 1.82) is 0 Å². The van der Waals surface area contributed by atoms with Gasteiger partial charge in [-0.05, 0) is 67.4 Å². The number of methoxy groups -OCH3 is 2. The Balaban J connectivity index is 0.000000219. The molecule has 0 saturated carbocycles. The lowest BCUT2D eigenvalue weighted by atomic mass is 9.88. The number of hydrogen-bond acceptors (Lipinski definition) is 21. The average Bonchev–Trinajstić information content (AvgIpc) is 3.38. The Bertz CT molecular complexity index is 3100. The third-order valence-corrected chi connectivity index (χ3v) is 11.6. The Morgan fingerprint density at radius 1 is 0.613 bits per heavy atom. The zero-order chi connectivity index (χ0) is 54.4. The lowest BCUT2D eigenvalue weighted by molar-refractivity contribution is -0.0397. The van der Waals surface area contributed by atoms with E-state index >= 15 is 17.6 Å². The number of nitrogens with one attached hydrogen (secondary N) is 2. The van der Waals surface area contributed by atoms with E-state index in [1.165, 1.54) is 52.3 Å². The van der Waals surface area contributed by atoms with Crippen LogP contribution in [-0.4, -0.2) is 115 Å². The normalized spacial score (nSPS) is 17.0. The number of aliphatic imine (C=N–C) groups is 2. The number of fused-ring (bicyclic) bond motifs is 2. The molecular formula is C48H51F6N13O8. The number of halogens is 6. The maximum absolute atomic E-state index is 16.1. The van der Waals surface area contributed by atoms with E-state index in [1.54, 1.807) is 18.2 Å². The van der Waals surface area contributed by atoms with Crippen LogP contribution in [0.2, 0.25) is 0 Å². The Hall–Kier alpha value is -7.82. The fourth-order valence-electron chi connectivity index (χ4n) is 7.96. The van der Waals surface area contributed by atoms with Gasteiger partial charge in [-0.25, -0.2) is 49.6 Å². The molecule has 4 aromatic heterocycles. The number of nitrogens with two attached hydrogens (primary N) is 3. The third-order valence-electron chi connectivity index (χ3n) is 11.6. The lowest BCUT2D eigenvalue weighted by Crippen LogP contribution is -2.39. The summed E-state index contributed by atoms with van der Waals surface area (Å²) in [5.41, 5.74) is 21.6. The number of anilines is 3. The number of hydrogen-bond donors (Lipinski definition) is 9. The summed E-state index contributed by atoms with van der Waals surface area (Å²) in [7, 11) is 2.74. The van der Waals surface area contributed by atoms with E-state index in [9.17, 15) is 19.0 Å². The number of nitrogens with zero attached hydrogens (tertiary/aromatic N) is 8. The van der Waals surface area contributed by atoms with Gasteiger partial charge >= 0.3 is 11.8 Å². The second-order valence-electron chi connectivity index (χ2n) is 16.8. The first-order chi connectivity index (χ1) is 35.7. The van der Waals surface area contributed by atoms with Crippen LogP contribution in [-0.2, 0) is 21.5 Å². The maximum Gasteiger partial charge on any atom is 0.316 e. The number of alkyl halides is 4. The number of aryl methyl sites for hydroxylation is 2. The van der Waals surface area contributed by atoms with Crippen LogP contribution in [0, 0.1) is 25.5 Å². The first-order valence-electron chi connectivity index (χ1n) is 22.7. The number of amidine groups is 2. The van der Waals surface area contributed by atoms with Crippen molar-refractivity contribution in [3.63, 3.8) is 0 Å². The van der Waals surface area contributed by atoms with Gasteiger partial charge in [-0.15, -0.1) is 0 Å². The predicted molar refractivity (Wildman–Crippen MR) is 259 cm³/mol. The van der Waals surface area contributed by atoms with Gasteiger partial charge in [-0.2, -0.15) is 17.6 Å². The average molecular weight is 1050 g/mol. The van der Waals surface area contributed by atoms with Crippen molar-refractivity contribution in [3.05, 3.63) is 123 Å². The maximum atomic E-state index is 16.1. The van der Waals surface area contributed by atoms with Gasteiger partial charge < -0.3 is 47.1 Å². The number of ether oxygens (including phenoxy) is 2. The Kier molecular flexibility index (Phi) is 17.0. The van der Waals surface area contributed by atoms with Gasteiger partial charge in [0.1, 0.15) is 35.1 Å². The number of benzene rings is 2. The number of hydroxylamine groups is 2. The molecule has 0 saturated heterocycles. The molecule has 0 spiro atoms. The van der Waals surface area contributed by atoms with E-state index in [4.69, 9.17) is 46.6 Å². The standard InChI is InChI=1S/C24H26F3N7O4.C24H25F3N6O4/c1-11-18-20(33-23(29)30-11)24(26,27)19(32-21(18)34-38-8-7-13(36)10-35)14-4-3-12(25)9-15(14)17-6-5-16(28)22(31-17)37-2;1-12-19-21(32-23(28)29-12)24(26,27)20(31-22(19)33-37-9-8-14(35)11-34)15-7-6-13(25)10-16(15)17-4-3-5-18(30-17)36-2/h3-6,9,13,19,35-36H,7-8,10,28H2,1-2H3,(H,32,34)(H2,29,30,33);3-7,10,14,20,34-35H,8-9,11H2,1-2H3,(H,31,33)(H2,28,29,32)/t13?,19-;14?,20-/m00/s1. The quantitative estimate of drug-likeness (QED) is 0.0367. The van der Waals surface area contributed by atoms with Crippen molar-refractivity contribution in [2.24, 2.45) is 9.98 Å². The molecule has 398 valence electrons. The summed E-state index contributed by atoms with van der Waals surface area (Å²) in [5, 5.41) is 37.0. The van der Waals surface area contributed by atoms with Crippen LogP contribution >= 0.6 is 0 Å². The Morgan fingerprint density at radius 2 is 1.08 bits per heavy atom. The highest BCUT2D eigenvalue weighted by atomic mass is 19.3. The molecule has 2 unspecified atom stereocenters. The number of pyridine rings is 2. The Labute approximate surface area is 423 Å². The van der Waals surface area contributed by atoms with E-state index in [1.807, 2.05) is 0 Å². The molecule has 0 fully saturated rings. The largest absolute Gasteiger partial charge is 0.481 e. The van der Waals surface area contributed by atoms with Crippen LogP contribution in [0.4, 0.5) is 43.9 Å². The Morgan fingerprint density at radius 3 is 1.52 bits per heavy atom. The molecule has 0 amide bonds. The highest BCUT2D eigenvalue weighted by Gasteiger charge is 2.52. The summed E-state index contributed by atoms with van der Waals surface area (Å²) in [4.78, 5) is 43.3. The number of rotatable bonds is 16. The molecule has 2 aliphatic rings. The van der Waals surface area contributed by atoms with Crippen LogP contribution in [0.25, 0.3) is 22.5 Å². The van der Waals surface area contributed by atoms with Crippen LogP contribution in [0.5, 0.6) is 11.8 Å². The van der Waals surface area contributed by atoms with Crippen molar-refractivity contribution in [3.8, 4) is 34.3 Å². The van der Waals surface area contributed by atoms with E-state index in [2.05, 4.69) is 50.8 Å². The molecular weight excluding hydrogens is 1000 g/mol. The van der Waals surface area contributed by atoms with Gasteiger partial charge in [-0.3, -0.25) is 19.7 Å². The van der Waals surface area contributed by atoms with E-state index in [0.717, 1.165) is 24.3 Å². The first-order valence-corrected chi connectivity index (χ1v) is 22.7. The van der Waals surface area contributed by atoms with Gasteiger partial charge in [0.05, 0.1) is 92.4 Å². The fourth-order valence-corrected chi connectivity index (χ4v) is 7.96. The molecule has 2 aromatic carbocycles. The molecule has 27 heteroatoms. The molecule has 21 nitrogen and oxygen atoms in total. The minimum absolute atomic E-state index is 0.0253. The third kappa shape index (κ3) is 11.9. The molecule has 4 atom stereocenters. The van der Waals surface area contributed by atoms with Gasteiger partial charge in [0.15, 0.2) is 11.7 Å². The number of aliphatic hydroxyl groups is 4. The molecule has 6 aromatic rings. The molecule has 6 heterocycles. The summed E-state index contributed by atoms with van der Waals surface area (Å²) >= 11 is 0. The van der Waals surface area contributed by atoms with Gasteiger partial charge in [0, 0.05) is 30.0 Å². The van der Waals surface area contributed by atoms with Crippen molar-refractivity contribution in [2.75, 3.05) is 57.8 Å². The summed E-state index contributed by atoms with van der Waals surface area (Å²) in [5.74, 6) is -9.40. The van der Waals surface area contributed by atoms with Crippen molar-refractivity contribution >= 4 is 29.3 Å². The zero-order valence-electron chi connectivity index (χ0n) is 40.4. The van der Waals surface area contributed by atoms with Crippen LogP contribution in [0.3, 0.4) is 0 Å². The van der Waals surface area contributed by atoms with Gasteiger partial charge in [0.2, 0.25) is 23.7 Å². The number of aliphatic hydroxyl groups excluding tert-OH is 4. The van der Waals surface area contributed by atoms with E-state index < -0.39 is 72.4 Å². The second-order valence-corrected chi connectivity index (χ2v) is 16.8. The van der Waals surface area contributed by atoms with Crippen LogP contribution < -0.4 is 37.6 Å². The van der Waals surface area contributed by atoms with E-state index in [-0.39, 0.29) is 123 Å². The highest BCUT2D eigenvalue weighted by Crippen LogP contribution is 2.51. The summed E-state index contributed by atoms with van der Waals surface area (Å²) < 4.78 is 103. The molecule has 0 aliphatic carbocycles. The zero-order valence-corrected chi connectivity index (χ0v) is 40.4. The molecule has 0 radical (unpaired) electrons. The minimum Gasteiger partial charge on any atom is -0.481 e. The minimum atomic E-state index is -3.71. The lowest BCUT2D eigenvalue weighted by Gasteiger charge is -2.32.